The molecule has 0 radical (unpaired) electrons. The second kappa shape index (κ2) is 9.16. The third-order valence-corrected chi connectivity index (χ3v) is 9.09. The fourth-order valence-electron chi connectivity index (χ4n) is 7.57. The van der Waals surface area contributed by atoms with Crippen LogP contribution in [-0.4, -0.2) is 74.1 Å². The van der Waals surface area contributed by atoms with Crippen molar-refractivity contribution in [2.24, 2.45) is 17.8 Å². The van der Waals surface area contributed by atoms with Crippen LogP contribution < -0.4 is 14.4 Å². The molecule has 0 N–H and O–H groups in total. The van der Waals surface area contributed by atoms with Crippen LogP contribution in [0.4, 0.5) is 5.69 Å². The Morgan fingerprint density at radius 1 is 1.06 bits per heavy atom. The third-order valence-electron chi connectivity index (χ3n) is 9.09. The zero-order chi connectivity index (χ0) is 24.1. The van der Waals surface area contributed by atoms with Crippen LogP contribution in [0.1, 0.15) is 44.9 Å². The minimum atomic E-state index is -0.308. The zero-order valence-corrected chi connectivity index (χ0v) is 20.9. The molecule has 35 heavy (non-hydrogen) atoms. The third kappa shape index (κ3) is 3.92. The molecule has 5 atom stereocenters. The SMILES string of the molecule is COc1ccc(N2C[C@H](C(=O)N3CCCC4=C[C@H]5C[C@H](CN6CCCC[C@@H]56)[C@@H]43)CC2=O)c(OC)c1. The van der Waals surface area contributed by atoms with Crippen LogP contribution in [0.2, 0.25) is 0 Å². The minimum absolute atomic E-state index is 0.0166. The Morgan fingerprint density at radius 2 is 1.94 bits per heavy atom. The average molecular weight is 480 g/mol. The summed E-state index contributed by atoms with van der Waals surface area (Å²) in [4.78, 5) is 33.6. The van der Waals surface area contributed by atoms with Crippen LogP contribution in [0.25, 0.3) is 0 Å². The van der Waals surface area contributed by atoms with Gasteiger partial charge in [-0.15, -0.1) is 0 Å². The molecule has 1 aliphatic carbocycles. The molecule has 4 fully saturated rings. The van der Waals surface area contributed by atoms with Crippen LogP contribution in [0.3, 0.4) is 0 Å². The topological polar surface area (TPSA) is 62.3 Å². The molecule has 0 aromatic heterocycles. The fourth-order valence-corrected chi connectivity index (χ4v) is 7.57. The van der Waals surface area contributed by atoms with Gasteiger partial charge >= 0.3 is 0 Å². The number of rotatable bonds is 4. The first kappa shape index (κ1) is 22.9. The number of anilines is 1. The summed E-state index contributed by atoms with van der Waals surface area (Å²) in [5, 5.41) is 0. The number of hydrogen-bond acceptors (Lipinski definition) is 5. The summed E-state index contributed by atoms with van der Waals surface area (Å²) in [6.45, 7) is 3.54. The van der Waals surface area contributed by atoms with Gasteiger partial charge in [-0.3, -0.25) is 14.5 Å². The molecule has 4 saturated heterocycles. The summed E-state index contributed by atoms with van der Waals surface area (Å²) in [5.74, 6) is 2.27. The summed E-state index contributed by atoms with van der Waals surface area (Å²) in [6.07, 6.45) is 10.1. The lowest BCUT2D eigenvalue weighted by molar-refractivity contribution is -0.140. The van der Waals surface area contributed by atoms with Crippen LogP contribution in [0, 0.1) is 17.8 Å². The van der Waals surface area contributed by atoms with E-state index in [-0.39, 0.29) is 30.2 Å². The number of benzene rings is 1. The molecule has 2 bridgehead atoms. The van der Waals surface area contributed by atoms with E-state index in [1.165, 1.54) is 37.8 Å². The van der Waals surface area contributed by atoms with Crippen molar-refractivity contribution in [1.82, 2.24) is 9.80 Å². The van der Waals surface area contributed by atoms with Crippen LogP contribution in [0.5, 0.6) is 11.5 Å². The van der Waals surface area contributed by atoms with Gasteiger partial charge in [0.25, 0.3) is 0 Å². The monoisotopic (exact) mass is 479 g/mol. The fraction of sp³-hybridized carbons (Fsp3) is 0.643. The Kier molecular flexibility index (Phi) is 5.99. The Morgan fingerprint density at radius 3 is 2.77 bits per heavy atom. The number of nitrogens with zero attached hydrogens (tertiary/aromatic N) is 3. The number of carbonyl (C=O) groups excluding carboxylic acids is 2. The molecular formula is C28H37N3O4. The van der Waals surface area contributed by atoms with E-state index in [9.17, 15) is 9.59 Å². The number of carbonyl (C=O) groups is 2. The van der Waals surface area contributed by atoms with Crippen molar-refractivity contribution >= 4 is 17.5 Å². The summed E-state index contributed by atoms with van der Waals surface area (Å²) in [6, 6.07) is 6.39. The van der Waals surface area contributed by atoms with Crippen LogP contribution in [0.15, 0.2) is 29.8 Å². The zero-order valence-electron chi connectivity index (χ0n) is 20.9. The Labute approximate surface area is 208 Å². The summed E-state index contributed by atoms with van der Waals surface area (Å²) >= 11 is 0. The maximum Gasteiger partial charge on any atom is 0.228 e. The van der Waals surface area contributed by atoms with Crippen molar-refractivity contribution in [3.05, 3.63) is 29.8 Å². The molecule has 2 amide bonds. The average Bonchev–Trinajstić information content (AvgIpc) is 3.28. The van der Waals surface area contributed by atoms with Gasteiger partial charge in [0, 0.05) is 38.2 Å². The summed E-state index contributed by atoms with van der Waals surface area (Å²) in [5.41, 5.74) is 2.20. The number of methoxy groups -OCH3 is 2. The van der Waals surface area contributed by atoms with E-state index in [0.717, 1.165) is 25.9 Å². The number of fused-ring (bicyclic) bond motifs is 6. The molecule has 5 aliphatic rings. The van der Waals surface area contributed by atoms with Gasteiger partial charge in [-0.2, -0.15) is 0 Å². The number of piperidine rings is 3. The Hall–Kier alpha value is -2.54. The van der Waals surface area contributed by atoms with E-state index in [0.29, 0.717) is 41.6 Å². The number of likely N-dealkylation sites (tertiary alicyclic amines) is 1. The van der Waals surface area contributed by atoms with E-state index in [4.69, 9.17) is 9.47 Å². The Bertz CT molecular complexity index is 1040. The molecular weight excluding hydrogens is 442 g/mol. The predicted octanol–water partition coefficient (Wildman–Crippen LogP) is 3.48. The van der Waals surface area contributed by atoms with Gasteiger partial charge in [0.2, 0.25) is 11.8 Å². The molecule has 4 aliphatic heterocycles. The van der Waals surface area contributed by atoms with Crippen LogP contribution in [-0.2, 0) is 9.59 Å². The van der Waals surface area contributed by atoms with Gasteiger partial charge < -0.3 is 19.3 Å². The van der Waals surface area contributed by atoms with Gasteiger partial charge in [-0.1, -0.05) is 18.1 Å². The van der Waals surface area contributed by atoms with Crippen molar-refractivity contribution in [3.63, 3.8) is 0 Å². The molecule has 0 spiro atoms. The first-order chi connectivity index (χ1) is 17.1. The maximum atomic E-state index is 13.9. The summed E-state index contributed by atoms with van der Waals surface area (Å²) in [7, 11) is 3.20. The largest absolute Gasteiger partial charge is 0.497 e. The molecule has 1 aromatic carbocycles. The summed E-state index contributed by atoms with van der Waals surface area (Å²) < 4.78 is 10.8. The second-order valence-electron chi connectivity index (χ2n) is 11.0. The molecule has 0 saturated carbocycles. The molecule has 7 heteroatoms. The molecule has 1 aromatic rings. The highest BCUT2D eigenvalue weighted by Crippen LogP contribution is 2.46. The van der Waals surface area contributed by atoms with Gasteiger partial charge in [0.05, 0.1) is 31.9 Å². The van der Waals surface area contributed by atoms with E-state index in [1.54, 1.807) is 25.2 Å². The first-order valence-electron chi connectivity index (χ1n) is 13.3. The predicted molar refractivity (Wildman–Crippen MR) is 134 cm³/mol. The van der Waals surface area contributed by atoms with E-state index >= 15 is 0 Å². The first-order valence-corrected chi connectivity index (χ1v) is 13.3. The van der Waals surface area contributed by atoms with E-state index < -0.39 is 0 Å². The maximum absolute atomic E-state index is 13.9. The lowest BCUT2D eigenvalue weighted by atomic mass is 9.68. The normalized spacial score (nSPS) is 32.6. The quantitative estimate of drug-likeness (QED) is 0.619. The lowest BCUT2D eigenvalue weighted by Gasteiger charge is -2.55. The number of amides is 2. The van der Waals surface area contributed by atoms with Crippen molar-refractivity contribution < 1.29 is 19.1 Å². The number of ether oxygens (including phenoxy) is 2. The second-order valence-corrected chi connectivity index (χ2v) is 11.0. The minimum Gasteiger partial charge on any atom is -0.497 e. The van der Waals surface area contributed by atoms with Gasteiger partial charge in [0.15, 0.2) is 0 Å². The highest BCUT2D eigenvalue weighted by atomic mass is 16.5. The molecule has 7 nitrogen and oxygen atoms in total. The van der Waals surface area contributed by atoms with E-state index in [2.05, 4.69) is 15.9 Å². The van der Waals surface area contributed by atoms with Crippen molar-refractivity contribution in [1.29, 1.82) is 0 Å². The van der Waals surface area contributed by atoms with Gasteiger partial charge in [-0.25, -0.2) is 0 Å². The number of hydrogen-bond donors (Lipinski definition) is 0. The van der Waals surface area contributed by atoms with Crippen molar-refractivity contribution in [2.75, 3.05) is 45.3 Å². The highest BCUT2D eigenvalue weighted by Gasteiger charge is 2.48. The standard InChI is InChI=1S/C28H37N3O4/c1-34-22-8-9-24(25(15-22)35-2)31-17-21(14-26(31)32)28(33)30-11-5-6-18-12-19-13-20(27(18)30)16-29-10-4-3-7-23(19)29/h8-9,12,15,19-21,23,27H,3-7,10-11,13-14,16-17H2,1-2H3/t19-,20+,21+,23-,27+/m0/s1. The van der Waals surface area contributed by atoms with Crippen molar-refractivity contribution in [3.8, 4) is 11.5 Å². The molecule has 188 valence electrons. The lowest BCUT2D eigenvalue weighted by Crippen LogP contribution is -2.60. The Balaban J connectivity index is 1.22. The van der Waals surface area contributed by atoms with Gasteiger partial charge in [-0.05, 0) is 62.6 Å². The van der Waals surface area contributed by atoms with E-state index in [1.807, 2.05) is 12.1 Å². The van der Waals surface area contributed by atoms with Crippen LogP contribution >= 0.6 is 0 Å². The van der Waals surface area contributed by atoms with Gasteiger partial charge in [0.1, 0.15) is 11.5 Å². The van der Waals surface area contributed by atoms with Crippen molar-refractivity contribution in [2.45, 2.75) is 57.0 Å². The highest BCUT2D eigenvalue weighted by molar-refractivity contribution is 6.01. The molecule has 0 unspecified atom stereocenters. The molecule has 4 heterocycles. The molecule has 6 rings (SSSR count). The smallest absolute Gasteiger partial charge is 0.228 e.